The van der Waals surface area contributed by atoms with Crippen LogP contribution in [-0.4, -0.2) is 25.3 Å². The standard InChI is InChI=1S/C20H21F3N6/c1-19(8-9-19)27-17-14(20(21,22)23)10-24-18(26-17)25-16-13-4-2-3-5-15(13)29(28-16)11-12-6-7-12/h2-5,10,12H,6-9,11H2,1H3,(H2,24,25,26,27,28). The quantitative estimate of drug-likeness (QED) is 0.610. The molecule has 9 heteroatoms. The van der Waals surface area contributed by atoms with Gasteiger partial charge in [-0.05, 0) is 50.7 Å². The van der Waals surface area contributed by atoms with E-state index in [2.05, 4.69) is 25.7 Å². The predicted molar refractivity (Wildman–Crippen MR) is 104 cm³/mol. The molecule has 0 saturated heterocycles. The molecule has 0 bridgehead atoms. The van der Waals surface area contributed by atoms with Crippen LogP contribution in [0.2, 0.25) is 0 Å². The van der Waals surface area contributed by atoms with Crippen molar-refractivity contribution >= 4 is 28.5 Å². The van der Waals surface area contributed by atoms with Crippen molar-refractivity contribution in [3.63, 3.8) is 0 Å². The van der Waals surface area contributed by atoms with E-state index < -0.39 is 11.7 Å². The number of hydrogen-bond acceptors (Lipinski definition) is 5. The number of nitrogens with one attached hydrogen (secondary N) is 2. The second-order valence-corrected chi connectivity index (χ2v) is 8.26. The SMILES string of the molecule is CC1(Nc2nc(Nc3nn(CC4CC4)c4ccccc34)ncc2C(F)(F)F)CC1. The predicted octanol–water partition coefficient (Wildman–Crippen LogP) is 4.96. The van der Waals surface area contributed by atoms with Crippen molar-refractivity contribution < 1.29 is 13.2 Å². The highest BCUT2D eigenvalue weighted by molar-refractivity contribution is 5.91. The van der Waals surface area contributed by atoms with Crippen molar-refractivity contribution in [3.8, 4) is 0 Å². The average Bonchev–Trinajstić information content (AvgIpc) is 3.58. The lowest BCUT2D eigenvalue weighted by Crippen LogP contribution is -2.21. The largest absolute Gasteiger partial charge is 0.421 e. The van der Waals surface area contributed by atoms with Gasteiger partial charge < -0.3 is 10.6 Å². The van der Waals surface area contributed by atoms with Gasteiger partial charge in [0.1, 0.15) is 11.4 Å². The number of nitrogens with zero attached hydrogens (tertiary/aromatic N) is 4. The zero-order valence-corrected chi connectivity index (χ0v) is 15.9. The highest BCUT2D eigenvalue weighted by Gasteiger charge is 2.42. The van der Waals surface area contributed by atoms with Gasteiger partial charge in [0.25, 0.3) is 0 Å². The van der Waals surface area contributed by atoms with Crippen LogP contribution in [-0.2, 0) is 12.7 Å². The Morgan fingerprint density at radius 1 is 1.17 bits per heavy atom. The van der Waals surface area contributed by atoms with Crippen molar-refractivity contribution in [2.24, 2.45) is 5.92 Å². The number of fused-ring (bicyclic) bond motifs is 1. The van der Waals surface area contributed by atoms with Crippen LogP contribution in [0.4, 0.5) is 30.8 Å². The highest BCUT2D eigenvalue weighted by atomic mass is 19.4. The Hall–Kier alpha value is -2.84. The maximum atomic E-state index is 13.4. The normalized spacial score (nSPS) is 18.1. The molecule has 1 aromatic carbocycles. The van der Waals surface area contributed by atoms with E-state index in [-0.39, 0.29) is 17.3 Å². The number of hydrogen-bond donors (Lipinski definition) is 2. The van der Waals surface area contributed by atoms with E-state index in [0.29, 0.717) is 11.7 Å². The first-order chi connectivity index (χ1) is 13.8. The molecule has 2 fully saturated rings. The minimum Gasteiger partial charge on any atom is -0.364 e. The average molecular weight is 402 g/mol. The summed E-state index contributed by atoms with van der Waals surface area (Å²) in [5.41, 5.74) is -0.220. The molecule has 2 heterocycles. The molecule has 3 aromatic rings. The molecule has 2 N–H and O–H groups in total. The van der Waals surface area contributed by atoms with Gasteiger partial charge in [0, 0.05) is 23.7 Å². The summed E-state index contributed by atoms with van der Waals surface area (Å²) in [4.78, 5) is 8.06. The number of benzene rings is 1. The number of rotatable bonds is 6. The molecule has 0 unspecified atom stereocenters. The van der Waals surface area contributed by atoms with Gasteiger partial charge in [0.2, 0.25) is 5.95 Å². The second-order valence-electron chi connectivity index (χ2n) is 8.26. The van der Waals surface area contributed by atoms with Crippen LogP contribution in [0.25, 0.3) is 10.9 Å². The number of para-hydroxylation sites is 1. The smallest absolute Gasteiger partial charge is 0.364 e. The third-order valence-electron chi connectivity index (χ3n) is 5.53. The van der Waals surface area contributed by atoms with Gasteiger partial charge in [-0.1, -0.05) is 12.1 Å². The summed E-state index contributed by atoms with van der Waals surface area (Å²) in [7, 11) is 0. The molecule has 0 aliphatic heterocycles. The van der Waals surface area contributed by atoms with Crippen LogP contribution in [0.3, 0.4) is 0 Å². The van der Waals surface area contributed by atoms with Crippen LogP contribution < -0.4 is 10.6 Å². The Bertz CT molecular complexity index is 1070. The zero-order valence-electron chi connectivity index (χ0n) is 15.9. The van der Waals surface area contributed by atoms with Gasteiger partial charge in [-0.25, -0.2) is 4.98 Å². The fourth-order valence-electron chi connectivity index (χ4n) is 3.35. The van der Waals surface area contributed by atoms with Crippen molar-refractivity contribution in [2.45, 2.75) is 50.9 Å². The summed E-state index contributed by atoms with van der Waals surface area (Å²) in [6.45, 7) is 2.72. The lowest BCUT2D eigenvalue weighted by molar-refractivity contribution is -0.137. The third-order valence-corrected chi connectivity index (χ3v) is 5.53. The first-order valence-electron chi connectivity index (χ1n) is 9.76. The Balaban J connectivity index is 1.49. The van der Waals surface area contributed by atoms with Crippen LogP contribution in [0.1, 0.15) is 38.2 Å². The molecule has 152 valence electrons. The molecule has 0 radical (unpaired) electrons. The molecule has 0 amide bonds. The van der Waals surface area contributed by atoms with E-state index in [4.69, 9.17) is 0 Å². The first kappa shape index (κ1) is 18.2. The maximum absolute atomic E-state index is 13.4. The van der Waals surface area contributed by atoms with E-state index in [0.717, 1.165) is 36.5 Å². The van der Waals surface area contributed by atoms with Crippen LogP contribution >= 0.6 is 0 Å². The molecular formula is C20H21F3N6. The lowest BCUT2D eigenvalue weighted by Gasteiger charge is -2.18. The van der Waals surface area contributed by atoms with Crippen molar-refractivity contribution in [3.05, 3.63) is 36.0 Å². The molecule has 0 atom stereocenters. The molecular weight excluding hydrogens is 381 g/mol. The van der Waals surface area contributed by atoms with Crippen molar-refractivity contribution in [1.29, 1.82) is 0 Å². The molecule has 29 heavy (non-hydrogen) atoms. The van der Waals surface area contributed by atoms with Crippen molar-refractivity contribution in [1.82, 2.24) is 19.7 Å². The molecule has 2 aromatic heterocycles. The minimum absolute atomic E-state index is 0.0894. The summed E-state index contributed by atoms with van der Waals surface area (Å²) in [5, 5.41) is 11.5. The van der Waals surface area contributed by atoms with Gasteiger partial charge in [-0.3, -0.25) is 4.68 Å². The topological polar surface area (TPSA) is 67.7 Å². The van der Waals surface area contributed by atoms with E-state index >= 15 is 0 Å². The summed E-state index contributed by atoms with van der Waals surface area (Å²) >= 11 is 0. The lowest BCUT2D eigenvalue weighted by atomic mass is 10.2. The molecule has 2 aliphatic carbocycles. The van der Waals surface area contributed by atoms with Crippen LogP contribution in [0.5, 0.6) is 0 Å². The fourth-order valence-corrected chi connectivity index (χ4v) is 3.35. The number of aromatic nitrogens is 4. The Morgan fingerprint density at radius 2 is 1.93 bits per heavy atom. The maximum Gasteiger partial charge on any atom is 0.421 e. The van der Waals surface area contributed by atoms with Crippen LogP contribution in [0.15, 0.2) is 30.5 Å². The molecule has 6 nitrogen and oxygen atoms in total. The summed E-state index contributed by atoms with van der Waals surface area (Å²) in [5.74, 6) is 1.08. The van der Waals surface area contributed by atoms with Gasteiger partial charge in [-0.15, -0.1) is 0 Å². The molecule has 5 rings (SSSR count). The number of alkyl halides is 3. The van der Waals surface area contributed by atoms with E-state index in [1.54, 1.807) is 0 Å². The van der Waals surface area contributed by atoms with Crippen molar-refractivity contribution in [2.75, 3.05) is 10.6 Å². The van der Waals surface area contributed by atoms with Gasteiger partial charge in [-0.2, -0.15) is 23.3 Å². The van der Waals surface area contributed by atoms with E-state index in [1.807, 2.05) is 35.9 Å². The number of anilines is 3. The summed E-state index contributed by atoms with van der Waals surface area (Å²) in [6.07, 6.45) is 0.331. The Labute approximate surface area is 165 Å². The van der Waals surface area contributed by atoms with Crippen LogP contribution in [0, 0.1) is 5.92 Å². The third kappa shape index (κ3) is 3.73. The number of halogens is 3. The molecule has 2 saturated carbocycles. The van der Waals surface area contributed by atoms with E-state index in [1.165, 1.54) is 12.8 Å². The fraction of sp³-hybridized carbons (Fsp3) is 0.450. The van der Waals surface area contributed by atoms with Gasteiger partial charge >= 0.3 is 6.18 Å². The van der Waals surface area contributed by atoms with E-state index in [9.17, 15) is 13.2 Å². The monoisotopic (exact) mass is 402 g/mol. The Morgan fingerprint density at radius 3 is 2.62 bits per heavy atom. The van der Waals surface area contributed by atoms with Gasteiger partial charge in [0.05, 0.1) is 5.52 Å². The summed E-state index contributed by atoms with van der Waals surface area (Å²) in [6, 6.07) is 7.78. The van der Waals surface area contributed by atoms with Gasteiger partial charge in [0.15, 0.2) is 5.82 Å². The molecule has 2 aliphatic rings. The highest BCUT2D eigenvalue weighted by Crippen LogP contribution is 2.42. The second kappa shape index (κ2) is 6.33. The Kier molecular flexibility index (Phi) is 3.97. The minimum atomic E-state index is -4.52. The molecule has 0 spiro atoms. The summed E-state index contributed by atoms with van der Waals surface area (Å²) < 4.78 is 42.1. The zero-order chi connectivity index (χ0) is 20.2. The first-order valence-corrected chi connectivity index (χ1v) is 9.76.